The second-order valence-corrected chi connectivity index (χ2v) is 4.54. The van der Waals surface area contributed by atoms with Crippen molar-refractivity contribution < 1.29 is 8.78 Å². The highest BCUT2D eigenvalue weighted by atomic mass is 32.2. The molecule has 76 valence electrons. The summed E-state index contributed by atoms with van der Waals surface area (Å²) in [5, 5.41) is 0. The van der Waals surface area contributed by atoms with Crippen molar-refractivity contribution in [3.05, 3.63) is 30.3 Å². The molecule has 1 aliphatic rings. The molecule has 1 aromatic rings. The summed E-state index contributed by atoms with van der Waals surface area (Å²) in [5.74, 6) is -2.50. The fourth-order valence-electron chi connectivity index (χ4n) is 1.41. The van der Waals surface area contributed by atoms with Crippen molar-refractivity contribution in [2.45, 2.75) is 17.2 Å². The largest absolute Gasteiger partial charge is 0.262 e. The zero-order valence-electron chi connectivity index (χ0n) is 7.62. The minimum Gasteiger partial charge on any atom is -0.240 e. The average Bonchev–Trinajstić information content (AvgIpc) is 2.47. The van der Waals surface area contributed by atoms with Crippen LogP contribution in [0.1, 0.15) is 6.42 Å². The molecular weight excluding hydrogens is 204 g/mol. The molecule has 4 heteroatoms. The Morgan fingerprint density at radius 3 is 2.50 bits per heavy atom. The Labute approximate surface area is 86.2 Å². The van der Waals surface area contributed by atoms with Crippen LogP contribution in [0.25, 0.3) is 0 Å². The van der Waals surface area contributed by atoms with Gasteiger partial charge in [-0.25, -0.2) is 13.1 Å². The van der Waals surface area contributed by atoms with Crippen LogP contribution in [-0.4, -0.2) is 23.3 Å². The van der Waals surface area contributed by atoms with Crippen LogP contribution in [0, 0.1) is 0 Å². The Kier molecular flexibility index (Phi) is 2.74. The minimum absolute atomic E-state index is 0.0210. The van der Waals surface area contributed by atoms with E-state index in [2.05, 4.69) is 0 Å². The van der Waals surface area contributed by atoms with Crippen molar-refractivity contribution in [2.24, 2.45) is 0 Å². The quantitative estimate of drug-likeness (QED) is 0.698. The lowest BCUT2D eigenvalue weighted by molar-refractivity contribution is 0.0190. The molecule has 0 atom stereocenters. The van der Waals surface area contributed by atoms with Gasteiger partial charge in [-0.15, -0.1) is 0 Å². The third-order valence-electron chi connectivity index (χ3n) is 2.11. The van der Waals surface area contributed by atoms with Gasteiger partial charge < -0.3 is 0 Å². The molecule has 0 amide bonds. The van der Waals surface area contributed by atoms with E-state index in [1.165, 1.54) is 11.9 Å². The molecule has 1 aromatic carbocycles. The number of hydrogen-bond donors (Lipinski definition) is 0. The predicted molar refractivity (Wildman–Crippen MR) is 53.4 cm³/mol. The Bertz CT molecular complexity index is 302. The Hall–Kier alpha value is -0.610. The summed E-state index contributed by atoms with van der Waals surface area (Å²) in [6, 6.07) is 9.61. The van der Waals surface area contributed by atoms with E-state index in [9.17, 15) is 8.78 Å². The van der Waals surface area contributed by atoms with Crippen LogP contribution in [0.3, 0.4) is 0 Å². The maximum atomic E-state index is 12.8. The molecule has 0 bridgehead atoms. The first-order valence-corrected chi connectivity index (χ1v) is 5.29. The van der Waals surface area contributed by atoms with Crippen LogP contribution in [0.2, 0.25) is 0 Å². The topological polar surface area (TPSA) is 3.24 Å². The van der Waals surface area contributed by atoms with Crippen LogP contribution < -0.4 is 0 Å². The van der Waals surface area contributed by atoms with Gasteiger partial charge in [0.1, 0.15) is 0 Å². The van der Waals surface area contributed by atoms with E-state index in [0.29, 0.717) is 6.54 Å². The molecule has 0 spiro atoms. The Morgan fingerprint density at radius 2 is 1.93 bits per heavy atom. The highest BCUT2D eigenvalue weighted by Crippen LogP contribution is 2.34. The SMILES string of the molecule is FC1(F)CCN(Sc2ccccc2)C1. The molecule has 0 N–H and O–H groups in total. The maximum Gasteiger partial charge on any atom is 0.262 e. The summed E-state index contributed by atoms with van der Waals surface area (Å²) in [7, 11) is 0. The Morgan fingerprint density at radius 1 is 1.21 bits per heavy atom. The molecular formula is C10H11F2NS. The van der Waals surface area contributed by atoms with Crippen LogP contribution in [0.5, 0.6) is 0 Å². The molecule has 0 unspecified atom stereocenters. The van der Waals surface area contributed by atoms with Gasteiger partial charge in [-0.3, -0.25) is 0 Å². The summed E-state index contributed by atoms with van der Waals surface area (Å²) < 4.78 is 27.4. The van der Waals surface area contributed by atoms with Gasteiger partial charge in [-0.2, -0.15) is 0 Å². The normalized spacial score (nSPS) is 21.3. The number of alkyl halides is 2. The summed E-state index contributed by atoms with van der Waals surface area (Å²) in [4.78, 5) is 1.02. The highest BCUT2D eigenvalue weighted by molar-refractivity contribution is 7.97. The van der Waals surface area contributed by atoms with Crippen LogP contribution in [0.4, 0.5) is 8.78 Å². The maximum absolute atomic E-state index is 12.8. The summed E-state index contributed by atoms with van der Waals surface area (Å²) >= 11 is 1.41. The van der Waals surface area contributed by atoms with Crippen molar-refractivity contribution >= 4 is 11.9 Å². The Balaban J connectivity index is 1.94. The van der Waals surface area contributed by atoms with Gasteiger partial charge in [-0.05, 0) is 24.1 Å². The first kappa shape index (κ1) is 9.93. The molecule has 1 saturated heterocycles. The lowest BCUT2D eigenvalue weighted by Gasteiger charge is -2.13. The lowest BCUT2D eigenvalue weighted by atomic mass is 10.3. The van der Waals surface area contributed by atoms with E-state index in [1.807, 2.05) is 30.3 Å². The second-order valence-electron chi connectivity index (χ2n) is 3.37. The highest BCUT2D eigenvalue weighted by Gasteiger charge is 2.38. The van der Waals surface area contributed by atoms with Gasteiger partial charge in [0.15, 0.2) is 0 Å². The minimum atomic E-state index is -2.50. The number of hydrogen-bond acceptors (Lipinski definition) is 2. The van der Waals surface area contributed by atoms with E-state index in [4.69, 9.17) is 0 Å². The fourth-order valence-corrected chi connectivity index (χ4v) is 2.43. The van der Waals surface area contributed by atoms with Gasteiger partial charge in [0.05, 0.1) is 6.54 Å². The number of rotatable bonds is 2. The molecule has 1 heterocycles. The first-order chi connectivity index (χ1) is 6.66. The first-order valence-electron chi connectivity index (χ1n) is 4.51. The van der Waals surface area contributed by atoms with Crippen molar-refractivity contribution in [3.63, 3.8) is 0 Å². The summed E-state index contributed by atoms with van der Waals surface area (Å²) in [6.45, 7) is 0.332. The molecule has 0 radical (unpaired) electrons. The zero-order chi connectivity index (χ0) is 10.0. The van der Waals surface area contributed by atoms with Crippen LogP contribution in [0.15, 0.2) is 35.2 Å². The molecule has 0 aromatic heterocycles. The van der Waals surface area contributed by atoms with E-state index < -0.39 is 5.92 Å². The van der Waals surface area contributed by atoms with Crippen molar-refractivity contribution in [1.29, 1.82) is 0 Å². The van der Waals surface area contributed by atoms with Gasteiger partial charge in [0, 0.05) is 17.9 Å². The molecule has 14 heavy (non-hydrogen) atoms. The summed E-state index contributed by atoms with van der Waals surface area (Å²) in [6.07, 6.45) is -0.0210. The number of benzene rings is 1. The predicted octanol–water partition coefficient (Wildman–Crippen LogP) is 3.03. The van der Waals surface area contributed by atoms with Gasteiger partial charge in [-0.1, -0.05) is 18.2 Å². The van der Waals surface area contributed by atoms with Crippen LogP contribution in [-0.2, 0) is 0 Å². The smallest absolute Gasteiger partial charge is 0.240 e. The lowest BCUT2D eigenvalue weighted by Crippen LogP contribution is -2.19. The third-order valence-corrected chi connectivity index (χ3v) is 3.17. The van der Waals surface area contributed by atoms with Crippen LogP contribution >= 0.6 is 11.9 Å². The van der Waals surface area contributed by atoms with E-state index >= 15 is 0 Å². The summed E-state index contributed by atoms with van der Waals surface area (Å²) in [5.41, 5.74) is 0. The monoisotopic (exact) mass is 215 g/mol. The number of halogens is 2. The average molecular weight is 215 g/mol. The molecule has 1 fully saturated rings. The van der Waals surface area contributed by atoms with Gasteiger partial charge in [0.2, 0.25) is 0 Å². The second kappa shape index (κ2) is 3.87. The van der Waals surface area contributed by atoms with Gasteiger partial charge in [0.25, 0.3) is 5.92 Å². The van der Waals surface area contributed by atoms with E-state index in [1.54, 1.807) is 4.31 Å². The van der Waals surface area contributed by atoms with Gasteiger partial charge >= 0.3 is 0 Å². The van der Waals surface area contributed by atoms with Crippen molar-refractivity contribution in [1.82, 2.24) is 4.31 Å². The molecule has 0 saturated carbocycles. The molecule has 0 aliphatic carbocycles. The standard InChI is InChI=1S/C10H11F2NS/c11-10(12)6-7-13(8-10)14-9-4-2-1-3-5-9/h1-5H,6-8H2. The third kappa shape index (κ3) is 2.45. The molecule has 1 nitrogen and oxygen atoms in total. The zero-order valence-corrected chi connectivity index (χ0v) is 8.44. The van der Waals surface area contributed by atoms with E-state index in [-0.39, 0.29) is 13.0 Å². The number of nitrogens with zero attached hydrogens (tertiary/aromatic N) is 1. The fraction of sp³-hybridized carbons (Fsp3) is 0.400. The van der Waals surface area contributed by atoms with E-state index in [0.717, 1.165) is 4.90 Å². The molecule has 2 rings (SSSR count). The van der Waals surface area contributed by atoms with Crippen molar-refractivity contribution in [3.8, 4) is 0 Å². The van der Waals surface area contributed by atoms with Crippen molar-refractivity contribution in [2.75, 3.05) is 13.1 Å². The molecule has 1 aliphatic heterocycles.